The van der Waals surface area contributed by atoms with Crippen LogP contribution in [0.15, 0.2) is 4.90 Å². The molecule has 6 heteroatoms. The van der Waals surface area contributed by atoms with Gasteiger partial charge in [-0.25, -0.2) is 22.0 Å². The molecule has 0 amide bonds. The molecule has 0 aliphatic carbocycles. The first-order valence-electron chi connectivity index (χ1n) is 5.08. The van der Waals surface area contributed by atoms with Crippen LogP contribution >= 0.6 is 12.6 Å². The van der Waals surface area contributed by atoms with E-state index in [-0.39, 0.29) is 0 Å². The van der Waals surface area contributed by atoms with Crippen molar-refractivity contribution in [1.29, 1.82) is 0 Å². The average molecular weight is 274 g/mol. The van der Waals surface area contributed by atoms with E-state index in [1.807, 2.05) is 13.8 Å². The van der Waals surface area contributed by atoms with Crippen molar-refractivity contribution in [2.75, 3.05) is 0 Å². The van der Waals surface area contributed by atoms with Crippen LogP contribution in [-0.2, 0) is 0 Å². The molecule has 0 nitrogen and oxygen atoms in total. The van der Waals surface area contributed by atoms with E-state index < -0.39 is 34.0 Å². The van der Waals surface area contributed by atoms with E-state index in [2.05, 4.69) is 26.5 Å². The third kappa shape index (κ3) is 4.93. The van der Waals surface area contributed by atoms with Gasteiger partial charge in [-0.3, -0.25) is 0 Å². The van der Waals surface area contributed by atoms with Gasteiger partial charge in [0, 0.05) is 0 Å². The molecule has 100 valence electrons. The third-order valence-electron chi connectivity index (χ3n) is 1.19. The summed E-state index contributed by atoms with van der Waals surface area (Å²) in [7, 11) is 0. The van der Waals surface area contributed by atoms with Crippen LogP contribution < -0.4 is 0 Å². The highest BCUT2D eigenvalue weighted by molar-refractivity contribution is 7.80. The summed E-state index contributed by atoms with van der Waals surface area (Å²) in [5, 5.41) is 0. The van der Waals surface area contributed by atoms with Crippen LogP contribution in [0.3, 0.4) is 0 Å². The van der Waals surface area contributed by atoms with Gasteiger partial charge in [-0.1, -0.05) is 34.1 Å². The molecular formula is C11H15F5S. The van der Waals surface area contributed by atoms with Crippen LogP contribution in [0.2, 0.25) is 0 Å². The average Bonchev–Trinajstić information content (AvgIpc) is 2.35. The highest BCUT2D eigenvalue weighted by atomic mass is 32.1. The van der Waals surface area contributed by atoms with E-state index in [9.17, 15) is 22.0 Å². The Hall–Kier alpha value is -0.780. The predicted octanol–water partition coefficient (Wildman–Crippen LogP) is 5.11. The quantitative estimate of drug-likeness (QED) is 0.289. The normalized spacial score (nSPS) is 8.82. The molecule has 0 unspecified atom stereocenters. The molecule has 0 bridgehead atoms. The molecule has 0 atom stereocenters. The van der Waals surface area contributed by atoms with Gasteiger partial charge in [-0.05, 0) is 0 Å². The van der Waals surface area contributed by atoms with E-state index in [1.54, 1.807) is 0 Å². The number of thiol groups is 1. The first kappa shape index (κ1) is 18.6. The molecular weight excluding hydrogens is 259 g/mol. The molecule has 0 aliphatic heterocycles. The zero-order chi connectivity index (χ0) is 14.2. The summed E-state index contributed by atoms with van der Waals surface area (Å²) in [5.74, 6) is -10.00. The standard InChI is InChI=1S/C6HF5S.C3H8.C2H6/c7-1-2(8)4(10)6(12)5(11)3(1)9;1-3-2;1-2/h12H;3H2,1-2H3;1-2H3. The second-order valence-electron chi connectivity index (χ2n) is 2.63. The smallest absolute Gasteiger partial charge is 0.200 e. The number of hydrogen-bond acceptors (Lipinski definition) is 1. The number of hydrogen-bond donors (Lipinski definition) is 1. The van der Waals surface area contributed by atoms with Crippen LogP contribution in [0.1, 0.15) is 34.1 Å². The predicted molar refractivity (Wildman–Crippen MR) is 60.8 cm³/mol. The lowest BCUT2D eigenvalue weighted by Gasteiger charge is -2.01. The fourth-order valence-corrected chi connectivity index (χ4v) is 0.790. The van der Waals surface area contributed by atoms with Gasteiger partial charge in [0.1, 0.15) is 0 Å². The Morgan fingerprint density at radius 1 is 0.706 bits per heavy atom. The number of rotatable bonds is 0. The minimum atomic E-state index is -2.18. The largest absolute Gasteiger partial charge is 0.202 e. The molecule has 0 aromatic heterocycles. The van der Waals surface area contributed by atoms with Crippen molar-refractivity contribution in [3.8, 4) is 0 Å². The van der Waals surface area contributed by atoms with Gasteiger partial charge in [0.15, 0.2) is 23.3 Å². The van der Waals surface area contributed by atoms with Gasteiger partial charge in [-0.2, -0.15) is 0 Å². The summed E-state index contributed by atoms with van der Waals surface area (Å²) in [6.45, 7) is 8.25. The van der Waals surface area contributed by atoms with Crippen molar-refractivity contribution in [1.82, 2.24) is 0 Å². The maximum Gasteiger partial charge on any atom is 0.200 e. The highest BCUT2D eigenvalue weighted by Gasteiger charge is 2.23. The van der Waals surface area contributed by atoms with Crippen molar-refractivity contribution >= 4 is 12.6 Å². The van der Waals surface area contributed by atoms with Crippen molar-refractivity contribution in [3.05, 3.63) is 29.1 Å². The molecule has 0 spiro atoms. The van der Waals surface area contributed by atoms with Gasteiger partial charge in [-0.15, -0.1) is 12.6 Å². The molecule has 0 fully saturated rings. The van der Waals surface area contributed by atoms with Gasteiger partial charge in [0.25, 0.3) is 0 Å². The van der Waals surface area contributed by atoms with E-state index >= 15 is 0 Å². The summed E-state index contributed by atoms with van der Waals surface area (Å²) >= 11 is 3.10. The minimum absolute atomic E-state index is 1.17. The summed E-state index contributed by atoms with van der Waals surface area (Å²) in [5.41, 5.74) is 0. The van der Waals surface area contributed by atoms with Crippen LogP contribution in [0.5, 0.6) is 0 Å². The molecule has 1 rings (SSSR count). The fourth-order valence-electron chi connectivity index (χ4n) is 0.593. The minimum Gasteiger partial charge on any atom is -0.202 e. The molecule has 17 heavy (non-hydrogen) atoms. The summed E-state index contributed by atoms with van der Waals surface area (Å²) < 4.78 is 61.3. The Labute approximate surface area is 103 Å². The lowest BCUT2D eigenvalue weighted by molar-refractivity contribution is 0.361. The summed E-state index contributed by atoms with van der Waals surface area (Å²) in [6.07, 6.45) is 1.25. The van der Waals surface area contributed by atoms with E-state index in [1.165, 1.54) is 6.42 Å². The summed E-state index contributed by atoms with van der Waals surface area (Å²) in [6, 6.07) is 0. The molecule has 0 aliphatic rings. The Morgan fingerprint density at radius 3 is 1.12 bits per heavy atom. The third-order valence-corrected chi connectivity index (χ3v) is 1.58. The maximum absolute atomic E-state index is 12.3. The van der Waals surface area contributed by atoms with Gasteiger partial charge in [0.05, 0.1) is 4.90 Å². The van der Waals surface area contributed by atoms with Crippen molar-refractivity contribution in [2.24, 2.45) is 0 Å². The number of halogens is 5. The summed E-state index contributed by atoms with van der Waals surface area (Å²) in [4.78, 5) is -1.17. The number of benzene rings is 1. The van der Waals surface area contributed by atoms with Gasteiger partial charge < -0.3 is 0 Å². The topological polar surface area (TPSA) is 0 Å². The lowest BCUT2D eigenvalue weighted by Crippen LogP contribution is -2.01. The second kappa shape index (κ2) is 9.27. The first-order valence-corrected chi connectivity index (χ1v) is 5.53. The Bertz CT molecular complexity index is 247. The van der Waals surface area contributed by atoms with E-state index in [0.29, 0.717) is 0 Å². The molecule has 0 N–H and O–H groups in total. The van der Waals surface area contributed by atoms with Crippen LogP contribution in [0, 0.1) is 29.1 Å². The van der Waals surface area contributed by atoms with Crippen LogP contribution in [-0.4, -0.2) is 0 Å². The zero-order valence-corrected chi connectivity index (χ0v) is 10.9. The molecule has 1 aromatic rings. The van der Waals surface area contributed by atoms with Crippen molar-refractivity contribution < 1.29 is 22.0 Å². The van der Waals surface area contributed by atoms with Gasteiger partial charge >= 0.3 is 0 Å². The SMILES string of the molecule is CC.CCC.Fc1c(F)c(F)c(S)c(F)c1F. The van der Waals surface area contributed by atoms with Crippen molar-refractivity contribution in [3.63, 3.8) is 0 Å². The first-order chi connectivity index (χ1) is 7.88. The van der Waals surface area contributed by atoms with Crippen molar-refractivity contribution in [2.45, 2.75) is 39.0 Å². The van der Waals surface area contributed by atoms with Gasteiger partial charge in [0.2, 0.25) is 5.82 Å². The molecule has 0 saturated carbocycles. The second-order valence-corrected chi connectivity index (χ2v) is 3.07. The molecule has 1 aromatic carbocycles. The Balaban J connectivity index is 0. The Kier molecular flexibility index (Phi) is 10.1. The highest BCUT2D eigenvalue weighted by Crippen LogP contribution is 2.24. The van der Waals surface area contributed by atoms with Crippen LogP contribution in [0.4, 0.5) is 22.0 Å². The molecule has 0 saturated heterocycles. The zero-order valence-electron chi connectivity index (χ0n) is 10.0. The van der Waals surface area contributed by atoms with E-state index in [0.717, 1.165) is 0 Å². The monoisotopic (exact) mass is 274 g/mol. The molecule has 0 heterocycles. The maximum atomic E-state index is 12.3. The Morgan fingerprint density at radius 2 is 0.882 bits per heavy atom. The fraction of sp³-hybridized carbons (Fsp3) is 0.455. The lowest BCUT2D eigenvalue weighted by atomic mass is 10.3. The van der Waals surface area contributed by atoms with Crippen LogP contribution in [0.25, 0.3) is 0 Å². The van der Waals surface area contributed by atoms with E-state index in [4.69, 9.17) is 0 Å². The molecule has 0 radical (unpaired) electrons.